The van der Waals surface area contributed by atoms with Crippen LogP contribution >= 0.6 is 23.2 Å². The molecule has 1 aromatic rings. The molecular weight excluding hydrogens is 277 g/mol. The molecule has 0 radical (unpaired) electrons. The van der Waals surface area contributed by atoms with E-state index in [4.69, 9.17) is 23.2 Å². The summed E-state index contributed by atoms with van der Waals surface area (Å²) in [6, 6.07) is 7.91. The molecule has 1 aromatic carbocycles. The van der Waals surface area contributed by atoms with Crippen LogP contribution in [0.5, 0.6) is 0 Å². The number of aliphatic imine (C=N–C) groups is 1. The van der Waals surface area contributed by atoms with E-state index in [-0.39, 0.29) is 11.5 Å². The van der Waals surface area contributed by atoms with E-state index in [0.29, 0.717) is 0 Å². The SMILES string of the molecule is CC(N=CC1(C)C=CC=C(Cl)C1)c1cccc(Cl)c1. The quantitative estimate of drug-likeness (QED) is 0.647. The van der Waals surface area contributed by atoms with Gasteiger partial charge in [0.05, 0.1) is 6.04 Å². The fourth-order valence-electron chi connectivity index (χ4n) is 2.08. The Hall–Kier alpha value is -1.05. The molecule has 0 N–H and O–H groups in total. The Morgan fingerprint density at radius 1 is 1.37 bits per heavy atom. The van der Waals surface area contributed by atoms with Crippen molar-refractivity contribution in [2.45, 2.75) is 26.3 Å². The van der Waals surface area contributed by atoms with E-state index in [9.17, 15) is 0 Å². The Bertz CT molecular complexity index is 545. The molecule has 3 heteroatoms. The summed E-state index contributed by atoms with van der Waals surface area (Å²) in [5.41, 5.74) is 1.02. The molecule has 2 rings (SSSR count). The van der Waals surface area contributed by atoms with Gasteiger partial charge in [-0.1, -0.05) is 54.4 Å². The van der Waals surface area contributed by atoms with E-state index in [0.717, 1.165) is 22.0 Å². The fourth-order valence-corrected chi connectivity index (χ4v) is 2.64. The molecule has 0 heterocycles. The molecule has 100 valence electrons. The van der Waals surface area contributed by atoms with Crippen molar-refractivity contribution in [3.05, 3.63) is 58.1 Å². The molecule has 1 aliphatic carbocycles. The first-order valence-corrected chi connectivity index (χ1v) is 7.08. The van der Waals surface area contributed by atoms with Crippen LogP contribution in [0.2, 0.25) is 5.02 Å². The number of allylic oxidation sites excluding steroid dienone is 4. The van der Waals surface area contributed by atoms with Gasteiger partial charge in [0.25, 0.3) is 0 Å². The van der Waals surface area contributed by atoms with Crippen LogP contribution < -0.4 is 0 Å². The highest BCUT2D eigenvalue weighted by Gasteiger charge is 2.22. The van der Waals surface area contributed by atoms with Crippen molar-refractivity contribution < 1.29 is 0 Å². The lowest BCUT2D eigenvalue weighted by molar-refractivity contribution is 0.602. The van der Waals surface area contributed by atoms with Crippen molar-refractivity contribution in [1.29, 1.82) is 0 Å². The smallest absolute Gasteiger partial charge is 0.0717 e. The number of hydrogen-bond acceptors (Lipinski definition) is 1. The molecule has 0 aromatic heterocycles. The van der Waals surface area contributed by atoms with Crippen molar-refractivity contribution in [2.24, 2.45) is 10.4 Å². The third kappa shape index (κ3) is 3.95. The summed E-state index contributed by atoms with van der Waals surface area (Å²) in [7, 11) is 0. The first-order chi connectivity index (χ1) is 8.98. The molecule has 0 amide bonds. The summed E-state index contributed by atoms with van der Waals surface area (Å²) in [5.74, 6) is 0. The zero-order valence-corrected chi connectivity index (χ0v) is 12.6. The molecule has 0 spiro atoms. The topological polar surface area (TPSA) is 12.4 Å². The predicted molar refractivity (Wildman–Crippen MR) is 84.2 cm³/mol. The average Bonchev–Trinajstić information content (AvgIpc) is 2.36. The zero-order valence-electron chi connectivity index (χ0n) is 11.1. The minimum atomic E-state index is -0.0985. The van der Waals surface area contributed by atoms with Crippen LogP contribution in [-0.4, -0.2) is 6.21 Å². The highest BCUT2D eigenvalue weighted by atomic mass is 35.5. The number of nitrogens with zero attached hydrogens (tertiary/aromatic N) is 1. The molecule has 0 saturated heterocycles. The third-order valence-corrected chi connectivity index (χ3v) is 3.72. The largest absolute Gasteiger partial charge is 0.289 e. The molecule has 19 heavy (non-hydrogen) atoms. The lowest BCUT2D eigenvalue weighted by Gasteiger charge is -2.23. The van der Waals surface area contributed by atoms with Crippen LogP contribution in [0.15, 0.2) is 52.5 Å². The van der Waals surface area contributed by atoms with Crippen LogP contribution in [0.25, 0.3) is 0 Å². The van der Waals surface area contributed by atoms with Crippen LogP contribution in [0.1, 0.15) is 31.9 Å². The average molecular weight is 294 g/mol. The van der Waals surface area contributed by atoms with Crippen LogP contribution in [0, 0.1) is 5.41 Å². The standard InChI is InChI=1S/C16H17Cl2N/c1-12(13-5-3-6-14(17)9-13)19-11-16(2)8-4-7-15(18)10-16/h3-9,11-12H,10H2,1-2H3. The molecule has 2 unspecified atom stereocenters. The minimum Gasteiger partial charge on any atom is -0.289 e. The summed E-state index contributed by atoms with van der Waals surface area (Å²) in [6.45, 7) is 4.20. The first kappa shape index (κ1) is 14.4. The Labute approximate surface area is 124 Å². The van der Waals surface area contributed by atoms with Gasteiger partial charge in [0.1, 0.15) is 0 Å². The summed E-state index contributed by atoms with van der Waals surface area (Å²) in [4.78, 5) is 4.64. The predicted octanol–water partition coefficient (Wildman–Crippen LogP) is 5.56. The van der Waals surface area contributed by atoms with Gasteiger partial charge in [0.2, 0.25) is 0 Å². The summed E-state index contributed by atoms with van der Waals surface area (Å²) in [6.07, 6.45) is 8.84. The van der Waals surface area contributed by atoms with Gasteiger partial charge in [-0.3, -0.25) is 4.99 Å². The Kier molecular flexibility index (Phi) is 4.49. The van der Waals surface area contributed by atoms with Crippen LogP contribution in [0.4, 0.5) is 0 Å². The van der Waals surface area contributed by atoms with Crippen molar-refractivity contribution >= 4 is 29.4 Å². The van der Waals surface area contributed by atoms with Gasteiger partial charge in [-0.2, -0.15) is 0 Å². The highest BCUT2D eigenvalue weighted by Crippen LogP contribution is 2.32. The first-order valence-electron chi connectivity index (χ1n) is 6.32. The second-order valence-corrected chi connectivity index (χ2v) is 6.09. The minimum absolute atomic E-state index is 0.0913. The van der Waals surface area contributed by atoms with Gasteiger partial charge in [0, 0.05) is 21.7 Å². The van der Waals surface area contributed by atoms with Gasteiger partial charge in [-0.15, -0.1) is 0 Å². The molecule has 0 aliphatic heterocycles. The van der Waals surface area contributed by atoms with Gasteiger partial charge in [-0.25, -0.2) is 0 Å². The Morgan fingerprint density at radius 3 is 2.84 bits per heavy atom. The Morgan fingerprint density at radius 2 is 2.16 bits per heavy atom. The number of rotatable bonds is 3. The van der Waals surface area contributed by atoms with E-state index < -0.39 is 0 Å². The molecule has 1 aliphatic rings. The molecule has 0 fully saturated rings. The fraction of sp³-hybridized carbons (Fsp3) is 0.312. The second-order valence-electron chi connectivity index (χ2n) is 5.16. The van der Waals surface area contributed by atoms with Gasteiger partial charge >= 0.3 is 0 Å². The normalized spacial score (nSPS) is 24.5. The monoisotopic (exact) mass is 293 g/mol. The third-order valence-electron chi connectivity index (χ3n) is 3.23. The van der Waals surface area contributed by atoms with E-state index in [2.05, 4.69) is 24.9 Å². The van der Waals surface area contributed by atoms with Crippen molar-refractivity contribution in [2.75, 3.05) is 0 Å². The summed E-state index contributed by atoms with van der Waals surface area (Å²) >= 11 is 12.1. The maximum Gasteiger partial charge on any atom is 0.0717 e. The second kappa shape index (κ2) is 5.94. The van der Waals surface area contributed by atoms with E-state index >= 15 is 0 Å². The lowest BCUT2D eigenvalue weighted by atomic mass is 9.85. The Balaban J connectivity index is 2.10. The van der Waals surface area contributed by atoms with E-state index in [1.165, 1.54) is 0 Å². The van der Waals surface area contributed by atoms with E-state index in [1.807, 2.05) is 42.6 Å². The van der Waals surface area contributed by atoms with Crippen LogP contribution in [-0.2, 0) is 0 Å². The zero-order chi connectivity index (χ0) is 13.9. The maximum absolute atomic E-state index is 6.08. The maximum atomic E-state index is 6.08. The van der Waals surface area contributed by atoms with E-state index in [1.54, 1.807) is 0 Å². The van der Waals surface area contributed by atoms with Crippen molar-refractivity contribution in [3.63, 3.8) is 0 Å². The highest BCUT2D eigenvalue weighted by molar-refractivity contribution is 6.30. The van der Waals surface area contributed by atoms with Crippen molar-refractivity contribution in [1.82, 2.24) is 0 Å². The van der Waals surface area contributed by atoms with Crippen LogP contribution in [0.3, 0.4) is 0 Å². The lowest BCUT2D eigenvalue weighted by Crippen LogP contribution is -2.17. The molecule has 1 nitrogen and oxygen atoms in total. The number of benzene rings is 1. The molecule has 2 atom stereocenters. The van der Waals surface area contributed by atoms with Gasteiger partial charge in [0.15, 0.2) is 0 Å². The molecule has 0 saturated carbocycles. The van der Waals surface area contributed by atoms with Crippen molar-refractivity contribution in [3.8, 4) is 0 Å². The van der Waals surface area contributed by atoms with Gasteiger partial charge < -0.3 is 0 Å². The summed E-state index contributed by atoms with van der Waals surface area (Å²) in [5, 5.41) is 1.61. The number of hydrogen-bond donors (Lipinski definition) is 0. The summed E-state index contributed by atoms with van der Waals surface area (Å²) < 4.78 is 0. The number of halogens is 2. The van der Waals surface area contributed by atoms with Gasteiger partial charge in [-0.05, 0) is 37.1 Å². The molecule has 0 bridgehead atoms. The molecular formula is C16H17Cl2N.